The summed E-state index contributed by atoms with van der Waals surface area (Å²) < 4.78 is 19.7. The zero-order valence-corrected chi connectivity index (χ0v) is 13.3. The van der Waals surface area contributed by atoms with E-state index in [-0.39, 0.29) is 18.0 Å². The molecule has 2 rings (SSSR count). The Bertz CT molecular complexity index is 444. The van der Waals surface area contributed by atoms with Crippen LogP contribution in [0.2, 0.25) is 0 Å². The second-order valence-corrected chi connectivity index (χ2v) is 6.26. The third kappa shape index (κ3) is 3.58. The Labute approximate surface area is 127 Å². The summed E-state index contributed by atoms with van der Waals surface area (Å²) in [5, 5.41) is 9.36. The van der Waals surface area contributed by atoms with Gasteiger partial charge in [0.2, 0.25) is 0 Å². The van der Waals surface area contributed by atoms with E-state index in [1.54, 1.807) is 12.1 Å². The summed E-state index contributed by atoms with van der Waals surface area (Å²) in [5.74, 6) is -0.222. The van der Waals surface area contributed by atoms with Crippen LogP contribution >= 0.6 is 15.9 Å². The van der Waals surface area contributed by atoms with Gasteiger partial charge in [0, 0.05) is 36.4 Å². The van der Waals surface area contributed by atoms with Crippen LogP contribution < -0.4 is 0 Å². The minimum Gasteiger partial charge on any atom is -0.396 e. The molecule has 112 valence electrons. The second-order valence-electron chi connectivity index (χ2n) is 5.40. The molecule has 0 spiro atoms. The van der Waals surface area contributed by atoms with Crippen LogP contribution in [0, 0.1) is 5.82 Å². The Balaban J connectivity index is 2.15. The van der Waals surface area contributed by atoms with E-state index in [2.05, 4.69) is 20.8 Å². The maximum absolute atomic E-state index is 13.4. The number of aliphatic hydroxyl groups is 1. The van der Waals surface area contributed by atoms with Crippen molar-refractivity contribution in [1.29, 1.82) is 0 Å². The highest BCUT2D eigenvalue weighted by atomic mass is 79.9. The molecule has 20 heavy (non-hydrogen) atoms. The van der Waals surface area contributed by atoms with Gasteiger partial charge in [-0.05, 0) is 50.1 Å². The minimum absolute atomic E-state index is 0.0568. The molecule has 1 heterocycles. The molecule has 0 amide bonds. The smallest absolute Gasteiger partial charge is 0.123 e. The van der Waals surface area contributed by atoms with E-state index in [9.17, 15) is 9.50 Å². The third-order valence-electron chi connectivity index (χ3n) is 4.23. The number of rotatable bonds is 5. The largest absolute Gasteiger partial charge is 0.396 e. The quantitative estimate of drug-likeness (QED) is 0.890. The number of nitrogens with zero attached hydrogens (tertiary/aromatic N) is 1. The molecule has 0 radical (unpaired) electrons. The maximum Gasteiger partial charge on any atom is 0.123 e. The van der Waals surface area contributed by atoms with Gasteiger partial charge in [0.05, 0.1) is 0 Å². The Morgan fingerprint density at radius 1 is 1.40 bits per heavy atom. The van der Waals surface area contributed by atoms with Crippen LogP contribution in [0.4, 0.5) is 4.39 Å². The van der Waals surface area contributed by atoms with Crippen LogP contribution in [0.15, 0.2) is 22.7 Å². The van der Waals surface area contributed by atoms with Gasteiger partial charge >= 0.3 is 0 Å². The van der Waals surface area contributed by atoms with E-state index in [0.717, 1.165) is 29.3 Å². The summed E-state index contributed by atoms with van der Waals surface area (Å²) in [4.78, 5) is 2.23. The van der Waals surface area contributed by atoms with Gasteiger partial charge in [-0.25, -0.2) is 4.39 Å². The summed E-state index contributed by atoms with van der Waals surface area (Å²) in [7, 11) is 2.04. The lowest BCUT2D eigenvalue weighted by Crippen LogP contribution is -2.50. The first-order valence-corrected chi connectivity index (χ1v) is 7.70. The number of ether oxygens (including phenoxy) is 1. The predicted molar refractivity (Wildman–Crippen MR) is 80.1 cm³/mol. The number of hydrogen-bond donors (Lipinski definition) is 1. The molecule has 0 unspecified atom stereocenters. The lowest BCUT2D eigenvalue weighted by molar-refractivity contribution is -0.0329. The fraction of sp³-hybridized carbons (Fsp3) is 0.600. The molecule has 1 aliphatic rings. The van der Waals surface area contributed by atoms with Gasteiger partial charge < -0.3 is 9.84 Å². The zero-order chi connectivity index (χ0) is 14.6. The Hall–Kier alpha value is -0.490. The Morgan fingerprint density at radius 3 is 2.75 bits per heavy atom. The number of hydrogen-bond acceptors (Lipinski definition) is 3. The molecule has 0 aromatic heterocycles. The summed E-state index contributed by atoms with van der Waals surface area (Å²) in [6.45, 7) is 2.25. The first-order valence-electron chi connectivity index (χ1n) is 6.91. The Morgan fingerprint density at radius 2 is 2.10 bits per heavy atom. The van der Waals surface area contributed by atoms with Crippen LogP contribution in [0.25, 0.3) is 0 Å². The van der Waals surface area contributed by atoms with E-state index in [1.807, 2.05) is 7.05 Å². The third-order valence-corrected chi connectivity index (χ3v) is 5.00. The highest BCUT2D eigenvalue weighted by Crippen LogP contribution is 2.32. The normalized spacial score (nSPS) is 18.4. The summed E-state index contributed by atoms with van der Waals surface area (Å²) >= 11 is 3.47. The van der Waals surface area contributed by atoms with Crippen LogP contribution in [-0.4, -0.2) is 42.4 Å². The molecule has 1 aliphatic heterocycles. The first kappa shape index (κ1) is 15.9. The van der Waals surface area contributed by atoms with Crippen molar-refractivity contribution >= 4 is 15.9 Å². The van der Waals surface area contributed by atoms with Crippen molar-refractivity contribution in [2.75, 3.05) is 26.9 Å². The van der Waals surface area contributed by atoms with Gasteiger partial charge in [-0.1, -0.05) is 15.9 Å². The van der Waals surface area contributed by atoms with Gasteiger partial charge in [-0.2, -0.15) is 0 Å². The molecule has 3 nitrogen and oxygen atoms in total. The summed E-state index contributed by atoms with van der Waals surface area (Å²) in [5.41, 5.74) is 0.870. The molecular formula is C15H21BrFNO2. The molecule has 1 N–H and O–H groups in total. The van der Waals surface area contributed by atoms with Crippen molar-refractivity contribution in [3.05, 3.63) is 34.1 Å². The van der Waals surface area contributed by atoms with Crippen molar-refractivity contribution in [2.24, 2.45) is 0 Å². The lowest BCUT2D eigenvalue weighted by atomic mass is 9.85. The van der Waals surface area contributed by atoms with Crippen molar-refractivity contribution in [1.82, 2.24) is 4.90 Å². The Kier molecular flexibility index (Phi) is 5.55. The topological polar surface area (TPSA) is 32.7 Å². The van der Waals surface area contributed by atoms with Gasteiger partial charge in [-0.15, -0.1) is 0 Å². The van der Waals surface area contributed by atoms with E-state index in [1.165, 1.54) is 6.07 Å². The van der Waals surface area contributed by atoms with Crippen molar-refractivity contribution in [3.63, 3.8) is 0 Å². The summed E-state index contributed by atoms with van der Waals surface area (Å²) in [6, 6.07) is 4.75. The van der Waals surface area contributed by atoms with Gasteiger partial charge in [-0.3, -0.25) is 4.90 Å². The average Bonchev–Trinajstić information content (AvgIpc) is 2.44. The SMILES string of the molecule is CN(Cc1cc(F)ccc1Br)C1(CCO)CCOCC1. The van der Waals surface area contributed by atoms with Crippen LogP contribution in [0.5, 0.6) is 0 Å². The molecule has 1 fully saturated rings. The second kappa shape index (κ2) is 6.98. The fourth-order valence-corrected chi connectivity index (χ4v) is 3.24. The van der Waals surface area contributed by atoms with Crippen molar-refractivity contribution < 1.29 is 14.2 Å². The summed E-state index contributed by atoms with van der Waals surface area (Å²) in [6.07, 6.45) is 2.52. The van der Waals surface area contributed by atoms with Crippen molar-refractivity contribution in [2.45, 2.75) is 31.3 Å². The molecule has 0 bridgehead atoms. The maximum atomic E-state index is 13.4. The number of benzene rings is 1. The van der Waals surface area contributed by atoms with Gasteiger partial charge in [0.1, 0.15) is 5.82 Å². The predicted octanol–water partition coefficient (Wildman–Crippen LogP) is 2.95. The molecule has 1 aromatic rings. The van der Waals surface area contributed by atoms with Crippen LogP contribution in [-0.2, 0) is 11.3 Å². The standard InChI is InChI=1S/C15H21BrFNO2/c1-18(11-12-10-13(17)2-3-14(12)16)15(4-7-19)5-8-20-9-6-15/h2-3,10,19H,4-9,11H2,1H3. The highest BCUT2D eigenvalue weighted by Gasteiger charge is 2.36. The fourth-order valence-electron chi connectivity index (χ4n) is 2.87. The molecule has 0 aliphatic carbocycles. The molecule has 0 saturated carbocycles. The van der Waals surface area contributed by atoms with Crippen LogP contribution in [0.3, 0.4) is 0 Å². The van der Waals surface area contributed by atoms with Crippen molar-refractivity contribution in [3.8, 4) is 0 Å². The van der Waals surface area contributed by atoms with E-state index in [0.29, 0.717) is 19.8 Å². The van der Waals surface area contributed by atoms with Gasteiger partial charge in [0.15, 0.2) is 0 Å². The first-order chi connectivity index (χ1) is 9.57. The zero-order valence-electron chi connectivity index (χ0n) is 11.7. The highest BCUT2D eigenvalue weighted by molar-refractivity contribution is 9.10. The van der Waals surface area contributed by atoms with E-state index < -0.39 is 0 Å². The molecular weight excluding hydrogens is 325 g/mol. The minimum atomic E-state index is -0.222. The number of halogens is 2. The monoisotopic (exact) mass is 345 g/mol. The van der Waals surface area contributed by atoms with E-state index >= 15 is 0 Å². The lowest BCUT2D eigenvalue weighted by Gasteiger charge is -2.44. The average molecular weight is 346 g/mol. The number of aliphatic hydroxyl groups excluding tert-OH is 1. The molecule has 1 aromatic carbocycles. The molecule has 1 saturated heterocycles. The molecule has 5 heteroatoms. The van der Waals surface area contributed by atoms with Gasteiger partial charge in [0.25, 0.3) is 0 Å². The molecule has 0 atom stereocenters. The van der Waals surface area contributed by atoms with Crippen LogP contribution in [0.1, 0.15) is 24.8 Å². The van der Waals surface area contributed by atoms with E-state index in [4.69, 9.17) is 4.74 Å².